The van der Waals surface area contributed by atoms with Gasteiger partial charge in [-0.25, -0.2) is 4.39 Å². The van der Waals surface area contributed by atoms with Gasteiger partial charge in [0.05, 0.1) is 12.0 Å². The molecule has 1 atom stereocenters. The molecule has 0 bridgehead atoms. The van der Waals surface area contributed by atoms with Gasteiger partial charge in [0.1, 0.15) is 18.2 Å². The second-order valence-corrected chi connectivity index (χ2v) is 5.91. The average Bonchev–Trinajstić information content (AvgIpc) is 2.55. The molecule has 0 amide bonds. The summed E-state index contributed by atoms with van der Waals surface area (Å²) in [6, 6.07) is 12.0. The number of aliphatic hydroxyl groups is 1. The van der Waals surface area contributed by atoms with Crippen molar-refractivity contribution < 1.29 is 24.1 Å². The second kappa shape index (κ2) is 7.45. The lowest BCUT2D eigenvalue weighted by atomic mass is 9.91. The molecular weight excluding hydrogens is 311 g/mol. The van der Waals surface area contributed by atoms with E-state index in [9.17, 15) is 14.3 Å². The van der Waals surface area contributed by atoms with E-state index >= 15 is 0 Å². The van der Waals surface area contributed by atoms with Crippen LogP contribution in [0.3, 0.4) is 0 Å². The molecule has 5 heteroatoms. The standard InChI is InChI=1S/C19H21FO4/c1-3-19(2,23)15-11-16(20)14(10-18(21)22)9-17(15)24-12-13-7-5-4-6-8-13/h4-9,11,23H,3,10,12H2,1-2H3,(H,21,22). The van der Waals surface area contributed by atoms with Gasteiger partial charge in [-0.15, -0.1) is 0 Å². The number of carbonyl (C=O) groups is 1. The third kappa shape index (κ3) is 4.32. The molecule has 2 N–H and O–H groups in total. The van der Waals surface area contributed by atoms with Crippen molar-refractivity contribution in [3.63, 3.8) is 0 Å². The number of ether oxygens (including phenoxy) is 1. The molecule has 0 aliphatic rings. The molecule has 0 heterocycles. The highest BCUT2D eigenvalue weighted by molar-refractivity contribution is 5.70. The van der Waals surface area contributed by atoms with Crippen LogP contribution in [0.4, 0.5) is 4.39 Å². The molecule has 4 nitrogen and oxygen atoms in total. The summed E-state index contributed by atoms with van der Waals surface area (Å²) < 4.78 is 20.0. The van der Waals surface area contributed by atoms with Crippen LogP contribution < -0.4 is 4.74 Å². The Bertz CT molecular complexity index is 711. The Morgan fingerprint density at radius 2 is 1.92 bits per heavy atom. The van der Waals surface area contributed by atoms with Crippen molar-refractivity contribution in [2.24, 2.45) is 0 Å². The smallest absolute Gasteiger partial charge is 0.307 e. The molecule has 2 rings (SSSR count). The largest absolute Gasteiger partial charge is 0.488 e. The maximum absolute atomic E-state index is 14.2. The first-order valence-corrected chi connectivity index (χ1v) is 7.77. The molecular formula is C19H21FO4. The molecule has 2 aromatic rings. The topological polar surface area (TPSA) is 66.8 Å². The van der Waals surface area contributed by atoms with E-state index in [-0.39, 0.29) is 12.2 Å². The summed E-state index contributed by atoms with van der Waals surface area (Å²) in [5.41, 5.74) is -0.00767. The number of rotatable bonds is 7. The van der Waals surface area contributed by atoms with Gasteiger partial charge in [-0.05, 0) is 31.0 Å². The van der Waals surface area contributed by atoms with Crippen molar-refractivity contribution in [3.05, 3.63) is 65.0 Å². The van der Waals surface area contributed by atoms with Crippen molar-refractivity contribution in [2.75, 3.05) is 0 Å². The molecule has 0 fully saturated rings. The summed E-state index contributed by atoms with van der Waals surface area (Å²) >= 11 is 0. The van der Waals surface area contributed by atoms with Gasteiger partial charge >= 0.3 is 5.97 Å². The maximum atomic E-state index is 14.2. The second-order valence-electron chi connectivity index (χ2n) is 5.91. The van der Waals surface area contributed by atoms with Gasteiger partial charge in [-0.1, -0.05) is 37.3 Å². The highest BCUT2D eigenvalue weighted by atomic mass is 19.1. The van der Waals surface area contributed by atoms with E-state index in [4.69, 9.17) is 9.84 Å². The Balaban J connectivity index is 2.38. The molecule has 0 saturated heterocycles. The molecule has 0 aliphatic heterocycles. The lowest BCUT2D eigenvalue weighted by molar-refractivity contribution is -0.136. The summed E-state index contributed by atoms with van der Waals surface area (Å²) in [7, 11) is 0. The van der Waals surface area contributed by atoms with Crippen molar-refractivity contribution in [3.8, 4) is 5.75 Å². The average molecular weight is 332 g/mol. The van der Waals surface area contributed by atoms with Gasteiger partial charge < -0.3 is 14.9 Å². The molecule has 128 valence electrons. The molecule has 1 unspecified atom stereocenters. The Hall–Kier alpha value is -2.40. The Kier molecular flexibility index (Phi) is 5.57. The van der Waals surface area contributed by atoms with Crippen LogP contribution >= 0.6 is 0 Å². The number of hydrogen-bond donors (Lipinski definition) is 2. The van der Waals surface area contributed by atoms with Crippen molar-refractivity contribution in [1.82, 2.24) is 0 Å². The third-order valence-electron chi connectivity index (χ3n) is 4.00. The molecule has 0 saturated carbocycles. The van der Waals surface area contributed by atoms with Gasteiger partial charge in [0.2, 0.25) is 0 Å². The van der Waals surface area contributed by atoms with Gasteiger partial charge in [0.15, 0.2) is 0 Å². The summed E-state index contributed by atoms with van der Waals surface area (Å²) in [6.07, 6.45) is -0.0749. The minimum atomic E-state index is -1.27. The van der Waals surface area contributed by atoms with E-state index in [1.165, 1.54) is 12.1 Å². The first-order chi connectivity index (χ1) is 11.3. The zero-order valence-electron chi connectivity index (χ0n) is 13.8. The van der Waals surface area contributed by atoms with Crippen LogP contribution in [0.1, 0.15) is 37.0 Å². The molecule has 0 spiro atoms. The minimum Gasteiger partial charge on any atom is -0.488 e. The number of carboxylic acids is 1. The first kappa shape index (κ1) is 17.9. The van der Waals surface area contributed by atoms with E-state index in [0.717, 1.165) is 5.56 Å². The van der Waals surface area contributed by atoms with Crippen LogP contribution in [0.2, 0.25) is 0 Å². The molecule has 0 aliphatic carbocycles. The van der Waals surface area contributed by atoms with Gasteiger partial charge in [-0.3, -0.25) is 4.79 Å². The van der Waals surface area contributed by atoms with Crippen LogP contribution in [0.5, 0.6) is 5.75 Å². The van der Waals surface area contributed by atoms with Gasteiger partial charge in [0.25, 0.3) is 0 Å². The minimum absolute atomic E-state index is 0.0289. The normalized spacial score (nSPS) is 13.3. The Morgan fingerprint density at radius 3 is 2.50 bits per heavy atom. The summed E-state index contributed by atoms with van der Waals surface area (Å²) in [6.45, 7) is 3.60. The fraction of sp³-hybridized carbons (Fsp3) is 0.316. The van der Waals surface area contributed by atoms with Crippen molar-refractivity contribution in [2.45, 2.75) is 38.9 Å². The van der Waals surface area contributed by atoms with E-state index in [0.29, 0.717) is 17.7 Å². The Labute approximate surface area is 140 Å². The number of hydrogen-bond acceptors (Lipinski definition) is 3. The lowest BCUT2D eigenvalue weighted by Gasteiger charge is -2.25. The summed E-state index contributed by atoms with van der Waals surface area (Å²) in [5, 5.41) is 19.4. The number of carboxylic acid groups (broad SMARTS) is 1. The van der Waals surface area contributed by atoms with Gasteiger partial charge in [0, 0.05) is 11.1 Å². The van der Waals surface area contributed by atoms with Crippen LogP contribution in [0.15, 0.2) is 42.5 Å². The lowest BCUT2D eigenvalue weighted by Crippen LogP contribution is -2.22. The highest BCUT2D eigenvalue weighted by Gasteiger charge is 2.27. The fourth-order valence-corrected chi connectivity index (χ4v) is 2.36. The van der Waals surface area contributed by atoms with E-state index < -0.39 is 23.8 Å². The van der Waals surface area contributed by atoms with Crippen LogP contribution in [0, 0.1) is 5.82 Å². The zero-order chi connectivity index (χ0) is 17.7. The molecule has 2 aromatic carbocycles. The predicted octanol–water partition coefficient (Wildman–Crippen LogP) is 3.65. The third-order valence-corrected chi connectivity index (χ3v) is 4.00. The van der Waals surface area contributed by atoms with Crippen LogP contribution in [0.25, 0.3) is 0 Å². The zero-order valence-corrected chi connectivity index (χ0v) is 13.8. The van der Waals surface area contributed by atoms with E-state index in [1.807, 2.05) is 30.3 Å². The van der Waals surface area contributed by atoms with Crippen LogP contribution in [-0.2, 0) is 23.4 Å². The number of aliphatic carboxylic acids is 1. The number of benzene rings is 2. The summed E-state index contributed by atoms with van der Waals surface area (Å²) in [4.78, 5) is 10.9. The van der Waals surface area contributed by atoms with Crippen molar-refractivity contribution in [1.29, 1.82) is 0 Å². The van der Waals surface area contributed by atoms with Gasteiger partial charge in [-0.2, -0.15) is 0 Å². The quantitative estimate of drug-likeness (QED) is 0.812. The predicted molar refractivity (Wildman–Crippen MR) is 88.4 cm³/mol. The fourth-order valence-electron chi connectivity index (χ4n) is 2.36. The van der Waals surface area contributed by atoms with Crippen molar-refractivity contribution >= 4 is 5.97 Å². The highest BCUT2D eigenvalue weighted by Crippen LogP contribution is 2.35. The summed E-state index contributed by atoms with van der Waals surface area (Å²) in [5.74, 6) is -1.49. The van der Waals surface area contributed by atoms with Crippen LogP contribution in [-0.4, -0.2) is 16.2 Å². The Morgan fingerprint density at radius 1 is 1.25 bits per heavy atom. The SMILES string of the molecule is CCC(C)(O)c1cc(F)c(CC(=O)O)cc1OCc1ccccc1. The molecule has 0 aromatic heterocycles. The van der Waals surface area contributed by atoms with E-state index in [2.05, 4.69) is 0 Å². The number of halogens is 1. The van der Waals surface area contributed by atoms with E-state index in [1.54, 1.807) is 13.8 Å². The molecule has 24 heavy (non-hydrogen) atoms. The maximum Gasteiger partial charge on any atom is 0.307 e. The monoisotopic (exact) mass is 332 g/mol. The molecule has 0 radical (unpaired) electrons. The first-order valence-electron chi connectivity index (χ1n) is 7.77.